The van der Waals surface area contributed by atoms with E-state index in [2.05, 4.69) is 17.1 Å². The number of rotatable bonds is 4. The van der Waals surface area contributed by atoms with Gasteiger partial charge in [0, 0.05) is 12.1 Å². The lowest BCUT2D eigenvalue weighted by Crippen LogP contribution is -3.13. The molecule has 4 heteroatoms. The molecule has 2 N–H and O–H groups in total. The van der Waals surface area contributed by atoms with Crippen molar-refractivity contribution in [3.8, 4) is 0 Å². The third-order valence-corrected chi connectivity index (χ3v) is 4.24. The summed E-state index contributed by atoms with van der Waals surface area (Å²) in [6.45, 7) is 4.75. The first-order chi connectivity index (χ1) is 10.8. The van der Waals surface area contributed by atoms with Crippen molar-refractivity contribution in [3.05, 3.63) is 66.0 Å². The summed E-state index contributed by atoms with van der Waals surface area (Å²) in [6, 6.07) is 16.2. The lowest BCUT2D eigenvalue weighted by atomic mass is 10.1. The number of pyridine rings is 1. The van der Waals surface area contributed by atoms with Crippen LogP contribution in [0, 0.1) is 0 Å². The molecular weight excluding hydrogens is 274 g/mol. The van der Waals surface area contributed by atoms with Crippen molar-refractivity contribution >= 4 is 5.91 Å². The van der Waals surface area contributed by atoms with Crippen LogP contribution in [-0.4, -0.2) is 37.0 Å². The van der Waals surface area contributed by atoms with E-state index < -0.39 is 0 Å². The second kappa shape index (κ2) is 7.18. The quantitative estimate of drug-likeness (QED) is 0.846. The molecule has 1 saturated heterocycles. The monoisotopic (exact) mass is 297 g/mol. The number of aromatic nitrogens is 1. The van der Waals surface area contributed by atoms with Gasteiger partial charge >= 0.3 is 0 Å². The van der Waals surface area contributed by atoms with Crippen LogP contribution in [0.15, 0.2) is 54.7 Å². The van der Waals surface area contributed by atoms with E-state index in [1.54, 1.807) is 0 Å². The van der Waals surface area contributed by atoms with Crippen LogP contribution in [0.1, 0.15) is 11.3 Å². The standard InChI is InChI=1S/C18H21N3O/c22-18(14-16-6-2-1-3-7-16)21-12-10-20(11-13-21)15-17-8-4-5-9-19-17/h1-9H,10-15H2/p+2. The number of carbonyl (C=O) groups excluding carboxylic acids is 1. The highest BCUT2D eigenvalue weighted by Crippen LogP contribution is 2.03. The zero-order valence-electron chi connectivity index (χ0n) is 12.8. The summed E-state index contributed by atoms with van der Waals surface area (Å²) in [5.41, 5.74) is 2.35. The largest absolute Gasteiger partial charge is 0.331 e. The number of nitrogens with zero attached hydrogens (tertiary/aromatic N) is 1. The van der Waals surface area contributed by atoms with Gasteiger partial charge in [0.05, 0.1) is 32.6 Å². The van der Waals surface area contributed by atoms with Crippen LogP contribution >= 0.6 is 0 Å². The second-order valence-electron chi connectivity index (χ2n) is 5.86. The van der Waals surface area contributed by atoms with Gasteiger partial charge in [-0.3, -0.25) is 4.79 Å². The minimum absolute atomic E-state index is 0.247. The number of amides is 1. The fourth-order valence-corrected chi connectivity index (χ4v) is 2.94. The lowest BCUT2D eigenvalue weighted by Gasteiger charge is -2.31. The Labute approximate surface area is 131 Å². The van der Waals surface area contributed by atoms with E-state index in [0.29, 0.717) is 6.42 Å². The predicted octanol–water partition coefficient (Wildman–Crippen LogP) is -0.0295. The van der Waals surface area contributed by atoms with Gasteiger partial charge in [0.1, 0.15) is 0 Å². The number of piperazine rings is 1. The summed E-state index contributed by atoms with van der Waals surface area (Å²) < 4.78 is 0. The maximum Gasteiger partial charge on any atom is 0.234 e. The molecule has 0 aliphatic carbocycles. The summed E-state index contributed by atoms with van der Waals surface area (Å²) in [5, 5.41) is 0. The molecular formula is C18H23N3O+2. The van der Waals surface area contributed by atoms with Crippen LogP contribution in [0.5, 0.6) is 0 Å². The van der Waals surface area contributed by atoms with Gasteiger partial charge in [-0.15, -0.1) is 0 Å². The summed E-state index contributed by atoms with van der Waals surface area (Å²) in [5.74, 6) is 0.247. The first-order valence-electron chi connectivity index (χ1n) is 7.92. The molecule has 0 radical (unpaired) electrons. The summed E-state index contributed by atoms with van der Waals surface area (Å²) >= 11 is 0. The van der Waals surface area contributed by atoms with Gasteiger partial charge in [0.15, 0.2) is 12.7 Å². The van der Waals surface area contributed by atoms with Crippen molar-refractivity contribution in [3.63, 3.8) is 0 Å². The van der Waals surface area contributed by atoms with E-state index in [1.165, 1.54) is 10.6 Å². The third kappa shape index (κ3) is 3.92. The minimum Gasteiger partial charge on any atom is -0.331 e. The highest BCUT2D eigenvalue weighted by Gasteiger charge is 2.24. The number of H-pyrrole nitrogens is 1. The van der Waals surface area contributed by atoms with Crippen LogP contribution < -0.4 is 9.88 Å². The Morgan fingerprint density at radius 3 is 2.45 bits per heavy atom. The van der Waals surface area contributed by atoms with Crippen molar-refractivity contribution in [2.45, 2.75) is 13.0 Å². The Morgan fingerprint density at radius 2 is 1.77 bits per heavy atom. The smallest absolute Gasteiger partial charge is 0.234 e. The van der Waals surface area contributed by atoms with Crippen LogP contribution in [0.4, 0.5) is 0 Å². The molecule has 1 aliphatic rings. The molecule has 114 valence electrons. The predicted molar refractivity (Wildman–Crippen MR) is 84.1 cm³/mol. The number of hydrogen-bond donors (Lipinski definition) is 1. The molecule has 0 saturated carbocycles. The Balaban J connectivity index is 1.48. The Kier molecular flexibility index (Phi) is 4.81. The van der Waals surface area contributed by atoms with E-state index in [-0.39, 0.29) is 5.91 Å². The summed E-state index contributed by atoms with van der Waals surface area (Å²) in [4.78, 5) is 19.2. The van der Waals surface area contributed by atoms with Crippen molar-refractivity contribution in [1.82, 2.24) is 4.90 Å². The molecule has 1 aromatic carbocycles. The van der Waals surface area contributed by atoms with Gasteiger partial charge in [-0.25, -0.2) is 4.98 Å². The zero-order chi connectivity index (χ0) is 15.2. The van der Waals surface area contributed by atoms with Crippen molar-refractivity contribution in [2.24, 2.45) is 0 Å². The van der Waals surface area contributed by atoms with E-state index in [9.17, 15) is 4.79 Å². The molecule has 1 fully saturated rings. The molecule has 1 amide bonds. The normalized spacial score (nSPS) is 15.7. The van der Waals surface area contributed by atoms with Crippen LogP contribution in [0.2, 0.25) is 0 Å². The van der Waals surface area contributed by atoms with Gasteiger partial charge in [0.2, 0.25) is 11.6 Å². The highest BCUT2D eigenvalue weighted by atomic mass is 16.2. The number of aromatic amines is 1. The second-order valence-corrected chi connectivity index (χ2v) is 5.86. The van der Waals surface area contributed by atoms with Crippen LogP contribution in [0.3, 0.4) is 0 Å². The minimum atomic E-state index is 0.247. The van der Waals surface area contributed by atoms with Crippen molar-refractivity contribution < 1.29 is 14.7 Å². The van der Waals surface area contributed by atoms with Crippen molar-refractivity contribution in [2.75, 3.05) is 26.2 Å². The topological polar surface area (TPSA) is 38.9 Å². The van der Waals surface area contributed by atoms with E-state index in [4.69, 9.17) is 0 Å². The Morgan fingerprint density at radius 1 is 1.05 bits per heavy atom. The number of carbonyl (C=O) groups is 1. The van der Waals surface area contributed by atoms with Gasteiger partial charge < -0.3 is 9.80 Å². The Hall–Kier alpha value is -2.20. The number of hydrogen-bond acceptors (Lipinski definition) is 1. The fraction of sp³-hybridized carbons (Fsp3) is 0.333. The molecule has 2 aromatic rings. The third-order valence-electron chi connectivity index (χ3n) is 4.24. The molecule has 1 aliphatic heterocycles. The molecule has 4 nitrogen and oxygen atoms in total. The molecule has 1 aromatic heterocycles. The first kappa shape index (κ1) is 14.7. The van der Waals surface area contributed by atoms with Crippen molar-refractivity contribution in [1.29, 1.82) is 0 Å². The molecule has 0 atom stereocenters. The molecule has 0 bridgehead atoms. The molecule has 3 rings (SSSR count). The average Bonchev–Trinajstić information content (AvgIpc) is 2.57. The van der Waals surface area contributed by atoms with E-state index in [0.717, 1.165) is 38.3 Å². The highest BCUT2D eigenvalue weighted by molar-refractivity contribution is 5.78. The van der Waals surface area contributed by atoms with Crippen LogP contribution in [-0.2, 0) is 17.8 Å². The van der Waals surface area contributed by atoms with Gasteiger partial charge in [-0.2, -0.15) is 0 Å². The molecule has 22 heavy (non-hydrogen) atoms. The number of quaternary nitrogens is 1. The average molecular weight is 297 g/mol. The maximum atomic E-state index is 12.3. The van der Waals surface area contributed by atoms with E-state index in [1.807, 2.05) is 47.5 Å². The maximum absolute atomic E-state index is 12.3. The summed E-state index contributed by atoms with van der Waals surface area (Å²) in [6.07, 6.45) is 2.48. The molecule has 0 unspecified atom stereocenters. The molecule has 2 heterocycles. The van der Waals surface area contributed by atoms with Crippen LogP contribution in [0.25, 0.3) is 0 Å². The van der Waals surface area contributed by atoms with Gasteiger partial charge in [0.25, 0.3) is 0 Å². The Bertz CT molecular complexity index is 592. The first-order valence-corrected chi connectivity index (χ1v) is 7.92. The molecule has 0 spiro atoms. The number of benzene rings is 1. The van der Waals surface area contributed by atoms with Gasteiger partial charge in [-0.1, -0.05) is 30.3 Å². The number of nitrogens with one attached hydrogen (secondary N) is 2. The SMILES string of the molecule is O=C(Cc1ccccc1)N1CC[NH+](Cc2cccc[nH+]2)CC1. The fourth-order valence-electron chi connectivity index (χ4n) is 2.94. The summed E-state index contributed by atoms with van der Waals surface area (Å²) in [7, 11) is 0. The van der Waals surface area contributed by atoms with E-state index >= 15 is 0 Å². The lowest BCUT2D eigenvalue weighted by molar-refractivity contribution is -0.921. The zero-order valence-corrected chi connectivity index (χ0v) is 12.8. The van der Waals surface area contributed by atoms with Gasteiger partial charge in [-0.05, 0) is 11.6 Å².